The van der Waals surface area contributed by atoms with Crippen molar-refractivity contribution in [3.63, 3.8) is 0 Å². The van der Waals surface area contributed by atoms with E-state index < -0.39 is 6.04 Å². The van der Waals surface area contributed by atoms with E-state index in [-0.39, 0.29) is 5.91 Å². The highest BCUT2D eigenvalue weighted by atomic mass is 16.3. The van der Waals surface area contributed by atoms with Gasteiger partial charge >= 0.3 is 0 Å². The van der Waals surface area contributed by atoms with Crippen molar-refractivity contribution >= 4 is 17.0 Å². The zero-order valence-electron chi connectivity index (χ0n) is 13.7. The Morgan fingerprint density at radius 1 is 1.21 bits per heavy atom. The van der Waals surface area contributed by atoms with Gasteiger partial charge in [0.05, 0.1) is 6.04 Å². The van der Waals surface area contributed by atoms with Crippen molar-refractivity contribution in [1.82, 2.24) is 10.3 Å². The van der Waals surface area contributed by atoms with Crippen molar-refractivity contribution in [2.45, 2.75) is 25.8 Å². The second-order valence-corrected chi connectivity index (χ2v) is 5.87. The van der Waals surface area contributed by atoms with Gasteiger partial charge in [-0.2, -0.15) is 0 Å². The van der Waals surface area contributed by atoms with Crippen LogP contribution in [0.25, 0.3) is 11.1 Å². The van der Waals surface area contributed by atoms with Crippen LogP contribution in [0.15, 0.2) is 52.9 Å². The third kappa shape index (κ3) is 3.81. The number of hydrogen-bond acceptors (Lipinski definition) is 4. The maximum Gasteiger partial charge on any atom is 0.237 e. The van der Waals surface area contributed by atoms with Gasteiger partial charge in [-0.05, 0) is 30.5 Å². The van der Waals surface area contributed by atoms with Gasteiger partial charge in [0.1, 0.15) is 5.52 Å². The molecule has 1 amide bonds. The van der Waals surface area contributed by atoms with Crippen LogP contribution in [0.2, 0.25) is 0 Å². The molecule has 0 aliphatic carbocycles. The van der Waals surface area contributed by atoms with E-state index in [1.807, 2.05) is 55.5 Å². The predicted octanol–water partition coefficient (Wildman–Crippen LogP) is 2.36. The summed E-state index contributed by atoms with van der Waals surface area (Å²) < 4.78 is 5.69. The predicted molar refractivity (Wildman–Crippen MR) is 93.6 cm³/mol. The summed E-state index contributed by atoms with van der Waals surface area (Å²) in [6.45, 7) is 2.45. The van der Waals surface area contributed by atoms with Gasteiger partial charge in [-0.25, -0.2) is 4.98 Å². The number of hydrogen-bond donors (Lipinski definition) is 2. The molecule has 1 atom stereocenters. The lowest BCUT2D eigenvalue weighted by molar-refractivity contribution is -0.122. The van der Waals surface area contributed by atoms with Crippen molar-refractivity contribution in [1.29, 1.82) is 0 Å². The number of nitrogens with zero attached hydrogens (tertiary/aromatic N) is 1. The van der Waals surface area contributed by atoms with Crippen molar-refractivity contribution in [3.8, 4) is 0 Å². The molecule has 24 heavy (non-hydrogen) atoms. The van der Waals surface area contributed by atoms with E-state index in [0.29, 0.717) is 25.3 Å². The number of rotatable bonds is 6. The molecule has 0 unspecified atom stereocenters. The number of aryl methyl sites for hydroxylation is 1. The van der Waals surface area contributed by atoms with Gasteiger partial charge in [0, 0.05) is 13.0 Å². The second kappa shape index (κ2) is 7.27. The third-order valence-electron chi connectivity index (χ3n) is 3.94. The van der Waals surface area contributed by atoms with Crippen LogP contribution in [-0.2, 0) is 17.6 Å². The minimum atomic E-state index is -0.557. The third-order valence-corrected chi connectivity index (χ3v) is 3.94. The van der Waals surface area contributed by atoms with Crippen LogP contribution >= 0.6 is 0 Å². The van der Waals surface area contributed by atoms with E-state index in [9.17, 15) is 4.79 Å². The minimum Gasteiger partial charge on any atom is -0.441 e. The smallest absolute Gasteiger partial charge is 0.237 e. The molecule has 1 aromatic heterocycles. The summed E-state index contributed by atoms with van der Waals surface area (Å²) in [5.74, 6) is 0.461. The Bertz CT molecular complexity index is 827. The molecule has 3 aromatic rings. The lowest BCUT2D eigenvalue weighted by Crippen LogP contribution is -2.42. The molecule has 0 aliphatic rings. The molecule has 0 fully saturated rings. The number of carbonyl (C=O) groups is 1. The molecule has 5 heteroatoms. The fourth-order valence-electron chi connectivity index (χ4n) is 2.62. The van der Waals surface area contributed by atoms with Crippen molar-refractivity contribution in [2.75, 3.05) is 6.54 Å². The molecule has 5 nitrogen and oxygen atoms in total. The van der Waals surface area contributed by atoms with Crippen LogP contribution in [0, 0.1) is 6.92 Å². The maximum atomic E-state index is 12.1. The molecule has 0 radical (unpaired) electrons. The van der Waals surface area contributed by atoms with Gasteiger partial charge < -0.3 is 15.5 Å². The first kappa shape index (κ1) is 16.2. The number of para-hydroxylation sites is 1. The maximum absolute atomic E-state index is 12.1. The monoisotopic (exact) mass is 323 g/mol. The molecular formula is C19H21N3O2. The van der Waals surface area contributed by atoms with Crippen LogP contribution < -0.4 is 11.1 Å². The normalized spacial score (nSPS) is 12.2. The highest BCUT2D eigenvalue weighted by Gasteiger charge is 2.14. The number of nitrogens with two attached hydrogens (primary N) is 1. The average molecular weight is 323 g/mol. The summed E-state index contributed by atoms with van der Waals surface area (Å²) in [6.07, 6.45) is 1.06. The van der Waals surface area contributed by atoms with Gasteiger partial charge in [-0.15, -0.1) is 0 Å². The van der Waals surface area contributed by atoms with Crippen LogP contribution in [0.3, 0.4) is 0 Å². The highest BCUT2D eigenvalue weighted by molar-refractivity contribution is 5.81. The summed E-state index contributed by atoms with van der Waals surface area (Å²) in [7, 11) is 0. The van der Waals surface area contributed by atoms with E-state index >= 15 is 0 Å². The molecule has 3 N–H and O–H groups in total. The number of oxazole rings is 1. The fourth-order valence-corrected chi connectivity index (χ4v) is 2.62. The summed E-state index contributed by atoms with van der Waals surface area (Å²) in [5.41, 5.74) is 9.74. The molecule has 1 heterocycles. The molecule has 3 rings (SSSR count). The first-order chi connectivity index (χ1) is 11.6. The Balaban J connectivity index is 1.51. The lowest BCUT2D eigenvalue weighted by atomic mass is 10.1. The highest BCUT2D eigenvalue weighted by Crippen LogP contribution is 2.18. The largest absolute Gasteiger partial charge is 0.441 e. The van der Waals surface area contributed by atoms with Gasteiger partial charge in [-0.3, -0.25) is 4.79 Å². The standard InChI is InChI=1S/C19H21N3O2/c1-13-6-5-9-16-18(13)22-17(24-16)10-11-21-19(23)15(20)12-14-7-3-2-4-8-14/h2-9,15H,10-12,20H2,1H3,(H,21,23)/t15-/m0/s1. The van der Waals surface area contributed by atoms with E-state index in [4.69, 9.17) is 10.2 Å². The second-order valence-electron chi connectivity index (χ2n) is 5.87. The van der Waals surface area contributed by atoms with Gasteiger partial charge in [0.25, 0.3) is 0 Å². The average Bonchev–Trinajstić information content (AvgIpc) is 3.00. The summed E-state index contributed by atoms with van der Waals surface area (Å²) in [4.78, 5) is 16.5. The topological polar surface area (TPSA) is 81.2 Å². The van der Waals surface area contributed by atoms with Crippen LogP contribution in [0.1, 0.15) is 17.0 Å². The Labute approximate surface area is 140 Å². The number of aromatic nitrogens is 1. The Kier molecular flexibility index (Phi) is 4.91. The number of amides is 1. The van der Waals surface area contributed by atoms with Crippen molar-refractivity contribution in [3.05, 3.63) is 65.5 Å². The molecule has 0 aliphatic heterocycles. The van der Waals surface area contributed by atoms with E-state index in [0.717, 1.165) is 22.2 Å². The van der Waals surface area contributed by atoms with Crippen LogP contribution in [0.5, 0.6) is 0 Å². The zero-order valence-corrected chi connectivity index (χ0v) is 13.7. The molecule has 124 valence electrons. The van der Waals surface area contributed by atoms with Gasteiger partial charge in [0.15, 0.2) is 11.5 Å². The number of nitrogens with one attached hydrogen (secondary N) is 1. The molecule has 0 bridgehead atoms. The van der Waals surface area contributed by atoms with Gasteiger partial charge in [-0.1, -0.05) is 42.5 Å². The van der Waals surface area contributed by atoms with Crippen LogP contribution in [0.4, 0.5) is 0 Å². The summed E-state index contributed by atoms with van der Waals surface area (Å²) >= 11 is 0. The summed E-state index contributed by atoms with van der Waals surface area (Å²) in [6, 6.07) is 15.0. The lowest BCUT2D eigenvalue weighted by Gasteiger charge is -2.11. The Morgan fingerprint density at radius 2 is 2.00 bits per heavy atom. The van der Waals surface area contributed by atoms with E-state index in [1.54, 1.807) is 0 Å². The zero-order chi connectivity index (χ0) is 16.9. The first-order valence-electron chi connectivity index (χ1n) is 8.06. The van der Waals surface area contributed by atoms with Crippen molar-refractivity contribution < 1.29 is 9.21 Å². The summed E-state index contributed by atoms with van der Waals surface area (Å²) in [5, 5.41) is 2.85. The molecular weight excluding hydrogens is 302 g/mol. The van der Waals surface area contributed by atoms with Crippen LogP contribution in [-0.4, -0.2) is 23.5 Å². The quantitative estimate of drug-likeness (QED) is 0.730. The molecule has 0 spiro atoms. The molecule has 0 saturated carbocycles. The van der Waals surface area contributed by atoms with Crippen molar-refractivity contribution in [2.24, 2.45) is 5.73 Å². The fraction of sp³-hybridized carbons (Fsp3) is 0.263. The SMILES string of the molecule is Cc1cccc2oc(CCNC(=O)[C@@H](N)Cc3ccccc3)nc12. The number of benzene rings is 2. The number of fused-ring (bicyclic) bond motifs is 1. The van der Waals surface area contributed by atoms with Gasteiger partial charge in [0.2, 0.25) is 5.91 Å². The Morgan fingerprint density at radius 3 is 2.75 bits per heavy atom. The first-order valence-corrected chi connectivity index (χ1v) is 8.06. The van der Waals surface area contributed by atoms with E-state index in [1.165, 1.54) is 0 Å². The van der Waals surface area contributed by atoms with E-state index in [2.05, 4.69) is 10.3 Å². The molecule has 2 aromatic carbocycles. The minimum absolute atomic E-state index is 0.161. The number of carbonyl (C=O) groups excluding carboxylic acids is 1. The molecule has 0 saturated heterocycles. The Hall–Kier alpha value is -2.66.